The maximum atomic E-state index is 6.74. The Bertz CT molecular complexity index is 3160. The van der Waals surface area contributed by atoms with Crippen molar-refractivity contribution in [3.63, 3.8) is 0 Å². The molecule has 0 unspecified atom stereocenters. The number of para-hydroxylation sites is 1. The van der Waals surface area contributed by atoms with Gasteiger partial charge in [0.2, 0.25) is 0 Å². The highest BCUT2D eigenvalue weighted by atomic mass is 16.3. The van der Waals surface area contributed by atoms with Crippen molar-refractivity contribution >= 4 is 65.0 Å². The SMILES string of the molecule is c1ccc(-c2ccc3oc4c(-c5ccccc5-c5c6ccccc6c(-c6cccc7c6ccc6ccccc67)c6ccccc56)cccc4c3c2)cc1. The van der Waals surface area contributed by atoms with Crippen molar-refractivity contribution in [3.8, 4) is 44.5 Å². The largest absolute Gasteiger partial charge is 0.455 e. The second kappa shape index (κ2) is 11.8. The molecule has 53 heavy (non-hydrogen) atoms. The van der Waals surface area contributed by atoms with Crippen molar-refractivity contribution < 1.29 is 4.42 Å². The fourth-order valence-electron chi connectivity index (χ4n) is 8.72. The average molecular weight is 673 g/mol. The van der Waals surface area contributed by atoms with Crippen LogP contribution in [0.4, 0.5) is 0 Å². The van der Waals surface area contributed by atoms with Crippen LogP contribution in [0.15, 0.2) is 199 Å². The van der Waals surface area contributed by atoms with Gasteiger partial charge in [-0.3, -0.25) is 0 Å². The number of rotatable bonds is 4. The summed E-state index contributed by atoms with van der Waals surface area (Å²) in [4.78, 5) is 0. The van der Waals surface area contributed by atoms with Gasteiger partial charge in [-0.25, -0.2) is 0 Å². The van der Waals surface area contributed by atoms with E-state index in [1.807, 2.05) is 0 Å². The molecule has 246 valence electrons. The Kier molecular flexibility index (Phi) is 6.62. The molecule has 0 fully saturated rings. The van der Waals surface area contributed by atoms with E-state index in [2.05, 4.69) is 194 Å². The standard InChI is InChI=1S/C52H32O/c1-2-14-33(15-3-1)35-29-31-49-48(32-35)47-27-13-26-46(52(47)53-49)38-18-6-7-19-40(38)50-42-20-8-10-22-44(42)51(45-23-11-9-21-43(45)50)41-25-12-24-37-36-17-5-4-16-34(36)28-30-39(37)41/h1-32H. The highest BCUT2D eigenvalue weighted by Gasteiger charge is 2.22. The van der Waals surface area contributed by atoms with Crippen LogP contribution in [0.25, 0.3) is 110 Å². The first-order valence-electron chi connectivity index (χ1n) is 18.3. The van der Waals surface area contributed by atoms with E-state index < -0.39 is 0 Å². The number of benzene rings is 10. The monoisotopic (exact) mass is 672 g/mol. The topological polar surface area (TPSA) is 13.1 Å². The van der Waals surface area contributed by atoms with E-state index in [1.54, 1.807) is 0 Å². The highest BCUT2D eigenvalue weighted by Crippen LogP contribution is 2.48. The van der Waals surface area contributed by atoms with Gasteiger partial charge in [0, 0.05) is 16.3 Å². The molecule has 11 rings (SSSR count). The lowest BCUT2D eigenvalue weighted by molar-refractivity contribution is 0.670. The fourth-order valence-corrected chi connectivity index (χ4v) is 8.72. The van der Waals surface area contributed by atoms with Crippen LogP contribution < -0.4 is 0 Å². The molecule has 0 atom stereocenters. The maximum absolute atomic E-state index is 6.74. The predicted octanol–water partition coefficient (Wildman–Crippen LogP) is 14.9. The van der Waals surface area contributed by atoms with Crippen molar-refractivity contribution in [2.75, 3.05) is 0 Å². The minimum atomic E-state index is 0.896. The molecule has 0 aliphatic heterocycles. The smallest absolute Gasteiger partial charge is 0.143 e. The van der Waals surface area contributed by atoms with Crippen molar-refractivity contribution in [2.45, 2.75) is 0 Å². The van der Waals surface area contributed by atoms with Gasteiger partial charge in [-0.1, -0.05) is 182 Å². The molecule has 1 heterocycles. The average Bonchev–Trinajstić information content (AvgIpc) is 3.61. The third kappa shape index (κ3) is 4.58. The number of hydrogen-bond acceptors (Lipinski definition) is 1. The van der Waals surface area contributed by atoms with Gasteiger partial charge in [0.1, 0.15) is 11.2 Å². The number of hydrogen-bond donors (Lipinski definition) is 0. The Labute approximate surface area is 307 Å². The normalized spacial score (nSPS) is 11.8. The molecule has 0 N–H and O–H groups in total. The van der Waals surface area contributed by atoms with Gasteiger partial charge < -0.3 is 4.42 Å². The molecule has 0 aliphatic carbocycles. The molecular formula is C52H32O. The van der Waals surface area contributed by atoms with Crippen molar-refractivity contribution in [3.05, 3.63) is 194 Å². The van der Waals surface area contributed by atoms with Crippen LogP contribution in [0.1, 0.15) is 0 Å². The first-order valence-corrected chi connectivity index (χ1v) is 18.3. The lowest BCUT2D eigenvalue weighted by atomic mass is 9.82. The molecule has 10 aromatic carbocycles. The number of fused-ring (bicyclic) bond motifs is 8. The third-order valence-electron chi connectivity index (χ3n) is 11.1. The summed E-state index contributed by atoms with van der Waals surface area (Å²) in [5, 5.41) is 12.3. The summed E-state index contributed by atoms with van der Waals surface area (Å²) in [6, 6.07) is 70.4. The first kappa shape index (κ1) is 29.7. The molecular weight excluding hydrogens is 641 g/mol. The molecule has 0 saturated heterocycles. The molecule has 0 spiro atoms. The zero-order chi connectivity index (χ0) is 34.9. The lowest BCUT2D eigenvalue weighted by Gasteiger charge is -2.20. The summed E-state index contributed by atoms with van der Waals surface area (Å²) >= 11 is 0. The molecule has 0 radical (unpaired) electrons. The molecule has 0 aliphatic rings. The predicted molar refractivity (Wildman–Crippen MR) is 225 cm³/mol. The molecule has 1 heteroatoms. The molecule has 0 saturated carbocycles. The second-order valence-corrected chi connectivity index (χ2v) is 13.9. The van der Waals surface area contributed by atoms with E-state index in [0.717, 1.165) is 33.1 Å². The summed E-state index contributed by atoms with van der Waals surface area (Å²) in [6.45, 7) is 0. The van der Waals surface area contributed by atoms with Crippen LogP contribution in [0.2, 0.25) is 0 Å². The van der Waals surface area contributed by atoms with Crippen LogP contribution >= 0.6 is 0 Å². The zero-order valence-corrected chi connectivity index (χ0v) is 28.9. The second-order valence-electron chi connectivity index (χ2n) is 13.9. The van der Waals surface area contributed by atoms with Crippen LogP contribution in [0, 0.1) is 0 Å². The van der Waals surface area contributed by atoms with Crippen LogP contribution in [0.5, 0.6) is 0 Å². The summed E-state index contributed by atoms with van der Waals surface area (Å²) in [5.41, 5.74) is 11.4. The Morgan fingerprint density at radius 2 is 0.811 bits per heavy atom. The summed E-state index contributed by atoms with van der Waals surface area (Å²) in [7, 11) is 0. The molecule has 11 aromatic rings. The minimum absolute atomic E-state index is 0.896. The van der Waals surface area contributed by atoms with E-state index in [4.69, 9.17) is 4.42 Å². The Balaban J connectivity index is 1.18. The van der Waals surface area contributed by atoms with Gasteiger partial charge in [-0.15, -0.1) is 0 Å². The molecule has 0 amide bonds. The summed E-state index contributed by atoms with van der Waals surface area (Å²) in [6.07, 6.45) is 0. The van der Waals surface area contributed by atoms with Gasteiger partial charge in [-0.2, -0.15) is 0 Å². The van der Waals surface area contributed by atoms with E-state index in [0.29, 0.717) is 0 Å². The summed E-state index contributed by atoms with van der Waals surface area (Å²) < 4.78 is 6.74. The summed E-state index contributed by atoms with van der Waals surface area (Å²) in [5.74, 6) is 0. The van der Waals surface area contributed by atoms with Gasteiger partial charge in [0.15, 0.2) is 0 Å². The molecule has 1 nitrogen and oxygen atoms in total. The Morgan fingerprint density at radius 3 is 1.55 bits per heavy atom. The van der Waals surface area contributed by atoms with E-state index >= 15 is 0 Å². The van der Waals surface area contributed by atoms with Gasteiger partial charge in [0.05, 0.1) is 0 Å². The van der Waals surface area contributed by atoms with Gasteiger partial charge in [0.25, 0.3) is 0 Å². The van der Waals surface area contributed by atoms with E-state index in [9.17, 15) is 0 Å². The zero-order valence-electron chi connectivity index (χ0n) is 28.9. The number of furan rings is 1. The third-order valence-corrected chi connectivity index (χ3v) is 11.1. The van der Waals surface area contributed by atoms with Crippen molar-refractivity contribution in [1.82, 2.24) is 0 Å². The van der Waals surface area contributed by atoms with Crippen LogP contribution in [-0.2, 0) is 0 Å². The maximum Gasteiger partial charge on any atom is 0.143 e. The van der Waals surface area contributed by atoms with E-state index in [1.165, 1.54) is 76.5 Å². The molecule has 0 bridgehead atoms. The quantitative estimate of drug-likeness (QED) is 0.134. The highest BCUT2D eigenvalue weighted by molar-refractivity contribution is 6.26. The van der Waals surface area contributed by atoms with Crippen LogP contribution in [0.3, 0.4) is 0 Å². The first-order chi connectivity index (χ1) is 26.3. The molecule has 1 aromatic heterocycles. The minimum Gasteiger partial charge on any atom is -0.455 e. The lowest BCUT2D eigenvalue weighted by Crippen LogP contribution is -1.93. The van der Waals surface area contributed by atoms with Gasteiger partial charge in [-0.05, 0) is 94.2 Å². The Hall–Kier alpha value is -6.96. The van der Waals surface area contributed by atoms with Crippen molar-refractivity contribution in [1.29, 1.82) is 0 Å². The van der Waals surface area contributed by atoms with Crippen LogP contribution in [-0.4, -0.2) is 0 Å². The van der Waals surface area contributed by atoms with E-state index in [-0.39, 0.29) is 0 Å². The fraction of sp³-hybridized carbons (Fsp3) is 0. The van der Waals surface area contributed by atoms with Gasteiger partial charge >= 0.3 is 0 Å². The Morgan fingerprint density at radius 1 is 0.264 bits per heavy atom. The van der Waals surface area contributed by atoms with Crippen molar-refractivity contribution in [2.24, 2.45) is 0 Å².